The molecule has 0 aromatic carbocycles. The quantitative estimate of drug-likeness (QED) is 0.842. The van der Waals surface area contributed by atoms with E-state index in [0.717, 1.165) is 14.1 Å². The lowest BCUT2D eigenvalue weighted by Gasteiger charge is -2.15. The Labute approximate surface area is 121 Å². The monoisotopic (exact) mass is 300 g/mol. The summed E-state index contributed by atoms with van der Waals surface area (Å²) in [6.07, 6.45) is 0.211. The van der Waals surface area contributed by atoms with Crippen LogP contribution in [0.4, 0.5) is 0 Å². The summed E-state index contributed by atoms with van der Waals surface area (Å²) in [4.78, 5) is 3.46. The molecule has 2 rings (SSSR count). The highest BCUT2D eigenvalue weighted by Gasteiger charge is 2.19. The minimum absolute atomic E-state index is 0.148. The van der Waals surface area contributed by atoms with Crippen LogP contribution in [0.2, 0.25) is 4.34 Å². The fourth-order valence-electron chi connectivity index (χ4n) is 1.69. The summed E-state index contributed by atoms with van der Waals surface area (Å²) in [7, 11) is 0. The van der Waals surface area contributed by atoms with Gasteiger partial charge in [-0.15, -0.1) is 22.7 Å². The Hall–Kier alpha value is -0.350. The van der Waals surface area contributed by atoms with E-state index >= 15 is 0 Å². The SMILES string of the molecule is CC(C)(C)c1ccc(C(O)Cc2ccc(Cl)s2)s1. The van der Waals surface area contributed by atoms with E-state index in [9.17, 15) is 5.11 Å². The maximum Gasteiger partial charge on any atom is 0.0931 e. The molecular weight excluding hydrogens is 284 g/mol. The van der Waals surface area contributed by atoms with Gasteiger partial charge in [0.05, 0.1) is 10.4 Å². The predicted octanol–water partition coefficient (Wildman–Crippen LogP) is 5.04. The zero-order chi connectivity index (χ0) is 13.3. The van der Waals surface area contributed by atoms with E-state index in [1.54, 1.807) is 11.3 Å². The molecular formula is C14H17ClOS2. The standard InChI is InChI=1S/C14H17ClOS2/c1-14(2,3)12-6-5-11(18-12)10(16)8-9-4-7-13(15)17-9/h4-7,10,16H,8H2,1-3H3. The van der Waals surface area contributed by atoms with Crippen molar-refractivity contribution in [2.45, 2.75) is 38.7 Å². The average molecular weight is 301 g/mol. The molecule has 0 amide bonds. The van der Waals surface area contributed by atoms with Crippen molar-refractivity contribution < 1.29 is 5.11 Å². The van der Waals surface area contributed by atoms with Crippen LogP contribution in [0.25, 0.3) is 0 Å². The van der Waals surface area contributed by atoms with Gasteiger partial charge in [0.15, 0.2) is 0 Å². The molecule has 2 heterocycles. The van der Waals surface area contributed by atoms with Crippen LogP contribution in [0, 0.1) is 0 Å². The molecule has 18 heavy (non-hydrogen) atoms. The number of aliphatic hydroxyl groups excluding tert-OH is 1. The van der Waals surface area contributed by atoms with Gasteiger partial charge in [0, 0.05) is 21.1 Å². The average Bonchev–Trinajstić information content (AvgIpc) is 2.85. The molecule has 98 valence electrons. The summed E-state index contributed by atoms with van der Waals surface area (Å²) in [6, 6.07) is 8.01. The Morgan fingerprint density at radius 3 is 2.39 bits per heavy atom. The Balaban J connectivity index is 2.09. The van der Waals surface area contributed by atoms with Crippen LogP contribution in [0.3, 0.4) is 0 Å². The number of thiophene rings is 2. The minimum Gasteiger partial charge on any atom is -0.387 e. The first-order chi connectivity index (χ1) is 8.36. The summed E-state index contributed by atoms with van der Waals surface area (Å²) in [5.74, 6) is 0. The normalized spacial score (nSPS) is 13.8. The second-order valence-corrected chi connectivity index (χ2v) is 8.29. The summed E-state index contributed by atoms with van der Waals surface area (Å²) in [5, 5.41) is 10.2. The third-order valence-corrected chi connectivity index (χ3v) is 5.58. The van der Waals surface area contributed by atoms with E-state index in [2.05, 4.69) is 26.8 Å². The van der Waals surface area contributed by atoms with Crippen LogP contribution >= 0.6 is 34.3 Å². The van der Waals surface area contributed by atoms with E-state index in [-0.39, 0.29) is 5.41 Å². The zero-order valence-corrected chi connectivity index (χ0v) is 13.1. The van der Waals surface area contributed by atoms with Crippen molar-refractivity contribution in [1.29, 1.82) is 0 Å². The number of hydrogen-bond acceptors (Lipinski definition) is 3. The van der Waals surface area contributed by atoms with Crippen LogP contribution in [0.1, 0.15) is 41.5 Å². The summed E-state index contributed by atoms with van der Waals surface area (Å²) in [6.45, 7) is 6.57. The minimum atomic E-state index is -0.430. The van der Waals surface area contributed by atoms with Crippen molar-refractivity contribution in [3.63, 3.8) is 0 Å². The van der Waals surface area contributed by atoms with Gasteiger partial charge in [-0.3, -0.25) is 0 Å². The maximum atomic E-state index is 10.2. The maximum absolute atomic E-state index is 10.2. The molecule has 1 N–H and O–H groups in total. The van der Waals surface area contributed by atoms with Crippen LogP contribution in [0.15, 0.2) is 24.3 Å². The Kier molecular flexibility index (Phi) is 4.17. The van der Waals surface area contributed by atoms with E-state index in [0.29, 0.717) is 6.42 Å². The highest BCUT2D eigenvalue weighted by atomic mass is 35.5. The smallest absolute Gasteiger partial charge is 0.0931 e. The van der Waals surface area contributed by atoms with E-state index in [1.807, 2.05) is 18.2 Å². The lowest BCUT2D eigenvalue weighted by Crippen LogP contribution is -2.07. The summed E-state index contributed by atoms with van der Waals surface area (Å²) in [5.41, 5.74) is 0.148. The fraction of sp³-hybridized carbons (Fsp3) is 0.429. The predicted molar refractivity (Wildman–Crippen MR) is 81.0 cm³/mol. The molecule has 0 saturated heterocycles. The lowest BCUT2D eigenvalue weighted by atomic mass is 9.95. The first-order valence-corrected chi connectivity index (χ1v) is 7.90. The molecule has 2 aromatic rings. The molecule has 2 aromatic heterocycles. The Bertz CT molecular complexity index is 522. The molecule has 0 radical (unpaired) electrons. The molecule has 0 saturated carbocycles. The molecule has 1 atom stereocenters. The molecule has 1 nitrogen and oxygen atoms in total. The van der Waals surface area contributed by atoms with Gasteiger partial charge in [0.25, 0.3) is 0 Å². The summed E-state index contributed by atoms with van der Waals surface area (Å²) < 4.78 is 0.777. The molecule has 0 aliphatic rings. The van der Waals surface area contributed by atoms with Gasteiger partial charge in [-0.05, 0) is 29.7 Å². The second-order valence-electron chi connectivity index (χ2n) is 5.38. The second kappa shape index (κ2) is 5.33. The van der Waals surface area contributed by atoms with E-state index < -0.39 is 6.10 Å². The largest absolute Gasteiger partial charge is 0.387 e. The molecule has 1 unspecified atom stereocenters. The molecule has 4 heteroatoms. The highest BCUT2D eigenvalue weighted by molar-refractivity contribution is 7.16. The third-order valence-electron chi connectivity index (χ3n) is 2.72. The van der Waals surface area contributed by atoms with Gasteiger partial charge in [-0.1, -0.05) is 32.4 Å². The third kappa shape index (κ3) is 3.35. The Morgan fingerprint density at radius 2 is 1.89 bits per heavy atom. The molecule has 0 aliphatic carbocycles. The van der Waals surface area contributed by atoms with Crippen molar-refractivity contribution in [3.05, 3.63) is 43.2 Å². The number of aliphatic hydroxyl groups is 1. The first-order valence-electron chi connectivity index (χ1n) is 5.89. The lowest BCUT2D eigenvalue weighted by molar-refractivity contribution is 0.183. The van der Waals surface area contributed by atoms with Crippen molar-refractivity contribution in [1.82, 2.24) is 0 Å². The first kappa shape index (κ1) is 14.1. The van der Waals surface area contributed by atoms with Crippen LogP contribution in [0.5, 0.6) is 0 Å². The van der Waals surface area contributed by atoms with Crippen molar-refractivity contribution in [2.75, 3.05) is 0 Å². The van der Waals surface area contributed by atoms with Gasteiger partial charge in [-0.25, -0.2) is 0 Å². The van der Waals surface area contributed by atoms with Gasteiger partial charge in [0.2, 0.25) is 0 Å². The molecule has 0 spiro atoms. The van der Waals surface area contributed by atoms with E-state index in [1.165, 1.54) is 16.2 Å². The van der Waals surface area contributed by atoms with Gasteiger partial charge < -0.3 is 5.11 Å². The van der Waals surface area contributed by atoms with Crippen LogP contribution in [-0.2, 0) is 11.8 Å². The molecule has 0 aliphatic heterocycles. The topological polar surface area (TPSA) is 20.2 Å². The Morgan fingerprint density at radius 1 is 1.17 bits per heavy atom. The zero-order valence-electron chi connectivity index (χ0n) is 10.7. The number of rotatable bonds is 3. The van der Waals surface area contributed by atoms with Crippen molar-refractivity contribution >= 4 is 34.3 Å². The molecule has 0 fully saturated rings. The van der Waals surface area contributed by atoms with Crippen LogP contribution in [-0.4, -0.2) is 5.11 Å². The number of hydrogen-bond donors (Lipinski definition) is 1. The van der Waals surface area contributed by atoms with Gasteiger partial charge in [0.1, 0.15) is 0 Å². The van der Waals surface area contributed by atoms with Crippen molar-refractivity contribution in [3.8, 4) is 0 Å². The van der Waals surface area contributed by atoms with Crippen LogP contribution < -0.4 is 0 Å². The fourth-order valence-corrected chi connectivity index (χ4v) is 3.86. The summed E-state index contributed by atoms with van der Waals surface area (Å²) >= 11 is 9.12. The number of halogens is 1. The van der Waals surface area contributed by atoms with Crippen molar-refractivity contribution in [2.24, 2.45) is 0 Å². The van der Waals surface area contributed by atoms with E-state index in [4.69, 9.17) is 11.6 Å². The molecule has 0 bridgehead atoms. The van der Waals surface area contributed by atoms with Gasteiger partial charge in [-0.2, -0.15) is 0 Å². The highest BCUT2D eigenvalue weighted by Crippen LogP contribution is 2.34. The van der Waals surface area contributed by atoms with Gasteiger partial charge >= 0.3 is 0 Å².